The number of anilines is 1. The molecule has 0 saturated carbocycles. The molecule has 1 N–H and O–H groups in total. The van der Waals surface area contributed by atoms with Gasteiger partial charge in [-0.25, -0.2) is 0 Å². The lowest BCUT2D eigenvalue weighted by Gasteiger charge is -2.16. The van der Waals surface area contributed by atoms with Crippen LogP contribution >= 0.6 is 11.8 Å². The first-order valence-electron chi connectivity index (χ1n) is 9.43. The van der Waals surface area contributed by atoms with Gasteiger partial charge >= 0.3 is 6.18 Å². The van der Waals surface area contributed by atoms with Crippen molar-refractivity contribution in [2.45, 2.75) is 16.6 Å². The fourth-order valence-corrected chi connectivity index (χ4v) is 4.05. The van der Waals surface area contributed by atoms with Crippen LogP contribution in [0.5, 0.6) is 5.75 Å². The maximum absolute atomic E-state index is 13.2. The van der Waals surface area contributed by atoms with Gasteiger partial charge < -0.3 is 10.1 Å². The molecular formula is C22H17F3N4O2S. The highest BCUT2D eigenvalue weighted by Crippen LogP contribution is 2.37. The van der Waals surface area contributed by atoms with Gasteiger partial charge in [0.05, 0.1) is 12.7 Å². The predicted octanol–water partition coefficient (Wildman–Crippen LogP) is 5.23. The van der Waals surface area contributed by atoms with Crippen LogP contribution in [0.25, 0.3) is 5.65 Å². The van der Waals surface area contributed by atoms with Gasteiger partial charge in [0, 0.05) is 18.0 Å². The first kappa shape index (κ1) is 21.7. The van der Waals surface area contributed by atoms with E-state index in [1.807, 2.05) is 6.07 Å². The van der Waals surface area contributed by atoms with Gasteiger partial charge in [0.1, 0.15) is 11.0 Å². The van der Waals surface area contributed by atoms with Crippen LogP contribution in [-0.2, 0) is 11.0 Å². The van der Waals surface area contributed by atoms with Crippen molar-refractivity contribution in [3.63, 3.8) is 0 Å². The minimum atomic E-state index is -4.51. The highest BCUT2D eigenvalue weighted by atomic mass is 32.2. The molecule has 0 fully saturated rings. The van der Waals surface area contributed by atoms with E-state index in [1.165, 1.54) is 17.6 Å². The second-order valence-corrected chi connectivity index (χ2v) is 7.83. The molecule has 0 aliphatic rings. The van der Waals surface area contributed by atoms with E-state index in [0.717, 1.165) is 24.0 Å². The molecule has 1 atom stereocenters. The Bertz CT molecular complexity index is 1240. The van der Waals surface area contributed by atoms with Gasteiger partial charge in [-0.15, -0.1) is 10.2 Å². The van der Waals surface area contributed by atoms with Gasteiger partial charge in [0.2, 0.25) is 5.91 Å². The number of ether oxygens (including phenoxy) is 1. The quantitative estimate of drug-likeness (QED) is 0.401. The van der Waals surface area contributed by atoms with E-state index in [4.69, 9.17) is 4.74 Å². The molecule has 0 bridgehead atoms. The molecule has 4 aromatic rings. The number of hydrogen-bond acceptors (Lipinski definition) is 5. The van der Waals surface area contributed by atoms with Gasteiger partial charge in [-0.05, 0) is 29.8 Å². The van der Waals surface area contributed by atoms with Crippen LogP contribution in [0, 0.1) is 0 Å². The van der Waals surface area contributed by atoms with Crippen molar-refractivity contribution in [3.8, 4) is 5.75 Å². The molecule has 6 nitrogen and oxygen atoms in total. The molecule has 2 aromatic carbocycles. The number of halogens is 3. The van der Waals surface area contributed by atoms with Crippen molar-refractivity contribution in [3.05, 3.63) is 84.1 Å². The third kappa shape index (κ3) is 4.70. The number of fused-ring (bicyclic) bond motifs is 1. The number of nitrogens with zero attached hydrogens (tertiary/aromatic N) is 3. The van der Waals surface area contributed by atoms with Crippen molar-refractivity contribution in [1.82, 2.24) is 14.6 Å². The monoisotopic (exact) mass is 458 g/mol. The molecule has 164 valence electrons. The van der Waals surface area contributed by atoms with Crippen molar-refractivity contribution < 1.29 is 22.7 Å². The van der Waals surface area contributed by atoms with E-state index in [0.29, 0.717) is 17.0 Å². The van der Waals surface area contributed by atoms with Crippen molar-refractivity contribution >= 4 is 29.0 Å². The second kappa shape index (κ2) is 8.91. The summed E-state index contributed by atoms with van der Waals surface area (Å²) in [6, 6.07) is 18.0. The molecule has 0 saturated heterocycles. The Morgan fingerprint density at radius 2 is 1.84 bits per heavy atom. The summed E-state index contributed by atoms with van der Waals surface area (Å²) in [4.78, 5) is 13.2. The lowest BCUT2D eigenvalue weighted by molar-refractivity contribution is -0.137. The Morgan fingerprint density at radius 1 is 1.06 bits per heavy atom. The molecule has 1 unspecified atom stereocenters. The van der Waals surface area contributed by atoms with E-state index in [-0.39, 0.29) is 16.7 Å². The van der Waals surface area contributed by atoms with Gasteiger partial charge in [0.25, 0.3) is 0 Å². The molecule has 1 amide bonds. The molecule has 10 heteroatoms. The molecule has 32 heavy (non-hydrogen) atoms. The highest BCUT2D eigenvalue weighted by Gasteiger charge is 2.32. The van der Waals surface area contributed by atoms with E-state index in [1.54, 1.807) is 48.5 Å². The summed E-state index contributed by atoms with van der Waals surface area (Å²) in [5.41, 5.74) is 0.618. The summed E-state index contributed by atoms with van der Waals surface area (Å²) in [5.74, 6) is 0.216. The lowest BCUT2D eigenvalue weighted by atomic mass is 10.1. The zero-order chi connectivity index (χ0) is 22.7. The molecule has 2 heterocycles. The Labute approximate surface area is 185 Å². The van der Waals surface area contributed by atoms with Crippen LogP contribution in [0.3, 0.4) is 0 Å². The maximum Gasteiger partial charge on any atom is 0.417 e. The Hall–Kier alpha value is -3.53. The Morgan fingerprint density at radius 3 is 2.56 bits per heavy atom. The molecular weight excluding hydrogens is 441 g/mol. The van der Waals surface area contributed by atoms with Crippen LogP contribution in [-0.4, -0.2) is 27.6 Å². The molecule has 0 radical (unpaired) electrons. The second-order valence-electron chi connectivity index (χ2n) is 6.76. The Kier molecular flexibility index (Phi) is 6.04. The van der Waals surface area contributed by atoms with Gasteiger partial charge in [-0.1, -0.05) is 48.2 Å². The van der Waals surface area contributed by atoms with Gasteiger partial charge in [-0.3, -0.25) is 9.20 Å². The number of nitrogens with one attached hydrogen (secondary N) is 1. The smallest absolute Gasteiger partial charge is 0.417 e. The van der Waals surface area contributed by atoms with Crippen LogP contribution in [0.1, 0.15) is 16.4 Å². The number of pyridine rings is 1. The number of aromatic nitrogens is 3. The third-order valence-corrected chi connectivity index (χ3v) is 5.81. The van der Waals surface area contributed by atoms with Crippen molar-refractivity contribution in [2.24, 2.45) is 0 Å². The number of alkyl halides is 3. The summed E-state index contributed by atoms with van der Waals surface area (Å²) >= 11 is 1.01. The first-order valence-corrected chi connectivity index (χ1v) is 10.3. The number of benzene rings is 2. The normalized spacial score (nSPS) is 12.5. The lowest BCUT2D eigenvalue weighted by Crippen LogP contribution is -2.19. The third-order valence-electron chi connectivity index (χ3n) is 4.60. The molecule has 0 spiro atoms. The summed E-state index contributed by atoms with van der Waals surface area (Å²) < 4.78 is 46.0. The summed E-state index contributed by atoms with van der Waals surface area (Å²) in [6.07, 6.45) is -3.58. The average Bonchev–Trinajstić information content (AvgIpc) is 3.19. The first-order chi connectivity index (χ1) is 15.3. The van der Waals surface area contributed by atoms with Crippen LogP contribution in [0.2, 0.25) is 0 Å². The van der Waals surface area contributed by atoms with E-state index in [2.05, 4.69) is 15.5 Å². The fraction of sp³-hybridized carbons (Fsp3) is 0.136. The van der Waals surface area contributed by atoms with Gasteiger partial charge in [0.15, 0.2) is 10.8 Å². The number of carbonyl (C=O) groups is 1. The molecule has 0 aliphatic carbocycles. The number of hydrogen-bond donors (Lipinski definition) is 1. The average molecular weight is 458 g/mol. The maximum atomic E-state index is 13.2. The largest absolute Gasteiger partial charge is 0.497 e. The predicted molar refractivity (Wildman–Crippen MR) is 115 cm³/mol. The number of amides is 1. The standard InChI is InChI=1S/C22H17F3N4O2S/c1-31-17-9-5-8-16(12-17)26-20(30)19(14-6-3-2-4-7-14)32-21-28-27-18-11-10-15(13-29(18)21)22(23,24)25/h2-13,19H,1H3,(H,26,30). The topological polar surface area (TPSA) is 68.5 Å². The number of carbonyl (C=O) groups excluding carboxylic acids is 1. The number of rotatable bonds is 6. The minimum Gasteiger partial charge on any atom is -0.497 e. The van der Waals surface area contributed by atoms with E-state index >= 15 is 0 Å². The van der Waals surface area contributed by atoms with Crippen molar-refractivity contribution in [2.75, 3.05) is 12.4 Å². The van der Waals surface area contributed by atoms with Crippen LogP contribution in [0.15, 0.2) is 78.1 Å². The Balaban J connectivity index is 1.68. The highest BCUT2D eigenvalue weighted by molar-refractivity contribution is 8.00. The molecule has 2 aromatic heterocycles. The van der Waals surface area contributed by atoms with Crippen molar-refractivity contribution in [1.29, 1.82) is 0 Å². The van der Waals surface area contributed by atoms with E-state index < -0.39 is 17.0 Å². The fourth-order valence-electron chi connectivity index (χ4n) is 3.03. The van der Waals surface area contributed by atoms with Crippen LogP contribution < -0.4 is 10.1 Å². The summed E-state index contributed by atoms with van der Waals surface area (Å²) in [6.45, 7) is 0. The summed E-state index contributed by atoms with van der Waals surface area (Å²) in [7, 11) is 1.52. The zero-order valence-corrected chi connectivity index (χ0v) is 17.5. The molecule has 0 aliphatic heterocycles. The SMILES string of the molecule is COc1cccc(NC(=O)C(Sc2nnc3ccc(C(F)(F)F)cn23)c2ccccc2)c1. The molecule has 4 rings (SSSR count). The van der Waals surface area contributed by atoms with Gasteiger partial charge in [-0.2, -0.15) is 13.2 Å². The minimum absolute atomic E-state index is 0.167. The number of methoxy groups -OCH3 is 1. The zero-order valence-electron chi connectivity index (χ0n) is 16.7. The van der Waals surface area contributed by atoms with Crippen LogP contribution in [0.4, 0.5) is 18.9 Å². The van der Waals surface area contributed by atoms with E-state index in [9.17, 15) is 18.0 Å². The number of thioether (sulfide) groups is 1. The summed E-state index contributed by atoms with van der Waals surface area (Å²) in [5, 5.41) is 10.2.